The zero-order valence-corrected chi connectivity index (χ0v) is 13.5. The molecular formula is C14H21N3O3S. The quantitative estimate of drug-likeness (QED) is 0.856. The summed E-state index contributed by atoms with van der Waals surface area (Å²) in [5, 5.41) is 1.49. The highest BCUT2D eigenvalue weighted by Crippen LogP contribution is 2.38. The van der Waals surface area contributed by atoms with Gasteiger partial charge in [0.2, 0.25) is 5.91 Å². The van der Waals surface area contributed by atoms with E-state index in [-0.39, 0.29) is 11.9 Å². The van der Waals surface area contributed by atoms with Crippen molar-refractivity contribution in [3.63, 3.8) is 0 Å². The Bertz CT molecular complexity index is 548. The number of amides is 1. The fourth-order valence-corrected chi connectivity index (χ4v) is 3.62. The largest absolute Gasteiger partial charge is 0.462 e. The van der Waals surface area contributed by atoms with Gasteiger partial charge in [0.1, 0.15) is 5.00 Å². The fraction of sp³-hybridized carbons (Fsp3) is 0.571. The predicted molar refractivity (Wildman–Crippen MR) is 83.9 cm³/mol. The number of hydrogen-bond donors (Lipinski definition) is 1. The summed E-state index contributed by atoms with van der Waals surface area (Å²) in [4.78, 5) is 27.3. The van der Waals surface area contributed by atoms with Gasteiger partial charge in [-0.2, -0.15) is 0 Å². The van der Waals surface area contributed by atoms with Crippen molar-refractivity contribution in [1.29, 1.82) is 0 Å². The van der Waals surface area contributed by atoms with Crippen molar-refractivity contribution in [3.8, 4) is 0 Å². The van der Waals surface area contributed by atoms with E-state index in [9.17, 15) is 9.59 Å². The number of hydrogen-bond acceptors (Lipinski definition) is 6. The maximum atomic E-state index is 12.0. The summed E-state index contributed by atoms with van der Waals surface area (Å²) in [5.41, 5.74) is 7.33. The van der Waals surface area contributed by atoms with Gasteiger partial charge in [0.25, 0.3) is 0 Å². The van der Waals surface area contributed by atoms with E-state index in [1.54, 1.807) is 13.8 Å². The van der Waals surface area contributed by atoms with Crippen molar-refractivity contribution >= 4 is 33.2 Å². The monoisotopic (exact) mass is 311 g/mol. The highest BCUT2D eigenvalue weighted by Gasteiger charge is 2.26. The van der Waals surface area contributed by atoms with Crippen LogP contribution in [-0.4, -0.2) is 49.6 Å². The summed E-state index contributed by atoms with van der Waals surface area (Å²) in [6.07, 6.45) is 0. The number of thiophene rings is 1. The Labute approximate surface area is 128 Å². The fourth-order valence-electron chi connectivity index (χ4n) is 2.51. The highest BCUT2D eigenvalue weighted by atomic mass is 32.1. The van der Waals surface area contributed by atoms with E-state index < -0.39 is 0 Å². The number of carbonyl (C=O) groups is 2. The molecule has 0 atom stereocenters. The Kier molecular flexibility index (Phi) is 4.72. The summed E-state index contributed by atoms with van der Waals surface area (Å²) < 4.78 is 5.06. The average molecular weight is 311 g/mol. The Balaban J connectivity index is 2.17. The normalized spacial score (nSPS) is 15.2. The number of ether oxygens (including phenoxy) is 1. The first-order valence-corrected chi connectivity index (χ1v) is 7.83. The molecule has 0 bridgehead atoms. The maximum Gasteiger partial charge on any atom is 0.341 e. The second kappa shape index (κ2) is 6.34. The molecule has 21 heavy (non-hydrogen) atoms. The third kappa shape index (κ3) is 3.12. The van der Waals surface area contributed by atoms with Crippen LogP contribution >= 0.6 is 11.3 Å². The molecule has 1 aromatic rings. The molecule has 6 nitrogen and oxygen atoms in total. The Morgan fingerprint density at radius 3 is 2.43 bits per heavy atom. The third-order valence-corrected chi connectivity index (χ3v) is 4.82. The van der Waals surface area contributed by atoms with Crippen LogP contribution in [0, 0.1) is 6.92 Å². The summed E-state index contributed by atoms with van der Waals surface area (Å²) in [6.45, 7) is 8.49. The molecule has 7 heteroatoms. The van der Waals surface area contributed by atoms with Crippen LogP contribution in [-0.2, 0) is 9.53 Å². The second-order valence-corrected chi connectivity index (χ2v) is 6.02. The van der Waals surface area contributed by atoms with Crippen molar-refractivity contribution < 1.29 is 14.3 Å². The molecule has 1 saturated heterocycles. The first-order chi connectivity index (χ1) is 9.95. The minimum atomic E-state index is -0.364. The van der Waals surface area contributed by atoms with Gasteiger partial charge in [-0.25, -0.2) is 4.79 Å². The lowest BCUT2D eigenvalue weighted by atomic mass is 10.2. The van der Waals surface area contributed by atoms with E-state index in [2.05, 4.69) is 4.90 Å². The van der Waals surface area contributed by atoms with Crippen molar-refractivity contribution in [2.45, 2.75) is 20.8 Å². The predicted octanol–water partition coefficient (Wildman–Crippen LogP) is 1.48. The number of esters is 1. The number of nitrogens with zero attached hydrogens (tertiary/aromatic N) is 2. The molecule has 1 aliphatic rings. The number of piperazine rings is 1. The number of carbonyl (C=O) groups excluding carboxylic acids is 2. The second-order valence-electron chi connectivity index (χ2n) is 4.99. The molecule has 0 aliphatic carbocycles. The summed E-state index contributed by atoms with van der Waals surface area (Å²) in [7, 11) is 0. The topological polar surface area (TPSA) is 75.9 Å². The van der Waals surface area contributed by atoms with Gasteiger partial charge in [0.15, 0.2) is 0 Å². The minimum absolute atomic E-state index is 0.101. The number of nitrogens with two attached hydrogens (primary N) is 1. The molecule has 0 saturated carbocycles. The molecule has 1 amide bonds. The number of nitrogen functional groups attached to an aromatic ring is 1. The van der Waals surface area contributed by atoms with Gasteiger partial charge in [-0.3, -0.25) is 4.79 Å². The number of anilines is 2. The van der Waals surface area contributed by atoms with Gasteiger partial charge in [-0.05, 0) is 13.8 Å². The number of rotatable bonds is 3. The molecule has 0 radical (unpaired) electrons. The summed E-state index contributed by atoms with van der Waals surface area (Å²) in [6, 6.07) is 0. The van der Waals surface area contributed by atoms with E-state index in [1.807, 2.05) is 11.8 Å². The van der Waals surface area contributed by atoms with Crippen molar-refractivity contribution in [1.82, 2.24) is 4.90 Å². The van der Waals surface area contributed by atoms with Crippen LogP contribution in [0.15, 0.2) is 0 Å². The van der Waals surface area contributed by atoms with E-state index >= 15 is 0 Å². The van der Waals surface area contributed by atoms with E-state index in [1.165, 1.54) is 11.3 Å². The van der Waals surface area contributed by atoms with E-state index in [0.717, 1.165) is 23.7 Å². The molecule has 2 heterocycles. The first-order valence-electron chi connectivity index (χ1n) is 7.02. The molecular weight excluding hydrogens is 290 g/mol. The molecule has 1 aromatic heterocycles. The lowest BCUT2D eigenvalue weighted by Crippen LogP contribution is -2.48. The maximum absolute atomic E-state index is 12.0. The van der Waals surface area contributed by atoms with Gasteiger partial charge in [0.05, 0.1) is 17.2 Å². The lowest BCUT2D eigenvalue weighted by molar-refractivity contribution is -0.129. The molecule has 116 valence electrons. The van der Waals surface area contributed by atoms with Gasteiger partial charge in [-0.1, -0.05) is 0 Å². The van der Waals surface area contributed by atoms with Crippen LogP contribution in [0.5, 0.6) is 0 Å². The van der Waals surface area contributed by atoms with E-state index in [4.69, 9.17) is 10.5 Å². The zero-order chi connectivity index (χ0) is 15.6. The van der Waals surface area contributed by atoms with Crippen LogP contribution in [0.2, 0.25) is 0 Å². The van der Waals surface area contributed by atoms with Crippen molar-refractivity contribution in [2.75, 3.05) is 43.4 Å². The van der Waals surface area contributed by atoms with Crippen LogP contribution in [0.1, 0.15) is 29.8 Å². The minimum Gasteiger partial charge on any atom is -0.462 e. The highest BCUT2D eigenvalue weighted by molar-refractivity contribution is 7.20. The Hall–Kier alpha value is -1.76. The molecule has 0 aromatic carbocycles. The van der Waals surface area contributed by atoms with Gasteiger partial charge in [-0.15, -0.1) is 11.3 Å². The average Bonchev–Trinajstić information content (AvgIpc) is 2.74. The van der Waals surface area contributed by atoms with Crippen LogP contribution in [0.25, 0.3) is 0 Å². The molecule has 2 rings (SSSR count). The van der Waals surface area contributed by atoms with Gasteiger partial charge >= 0.3 is 5.97 Å². The summed E-state index contributed by atoms with van der Waals surface area (Å²) >= 11 is 1.41. The molecule has 2 N–H and O–H groups in total. The molecule has 1 fully saturated rings. The van der Waals surface area contributed by atoms with Gasteiger partial charge < -0.3 is 20.3 Å². The SMILES string of the molecule is CCOC(=O)c1c(N)sc(N2CCN(C(C)=O)CC2)c1C. The molecule has 0 spiro atoms. The van der Waals surface area contributed by atoms with Gasteiger partial charge in [0, 0.05) is 38.7 Å². The third-order valence-electron chi connectivity index (χ3n) is 3.64. The molecule has 0 unspecified atom stereocenters. The zero-order valence-electron chi connectivity index (χ0n) is 12.6. The van der Waals surface area contributed by atoms with Crippen molar-refractivity contribution in [2.24, 2.45) is 0 Å². The van der Waals surface area contributed by atoms with Crippen LogP contribution in [0.3, 0.4) is 0 Å². The lowest BCUT2D eigenvalue weighted by Gasteiger charge is -2.35. The first kappa shape index (κ1) is 15.6. The Morgan fingerprint density at radius 1 is 1.29 bits per heavy atom. The Morgan fingerprint density at radius 2 is 1.90 bits per heavy atom. The van der Waals surface area contributed by atoms with E-state index in [0.29, 0.717) is 30.3 Å². The molecule has 1 aliphatic heterocycles. The van der Waals surface area contributed by atoms with Crippen LogP contribution < -0.4 is 10.6 Å². The summed E-state index contributed by atoms with van der Waals surface area (Å²) in [5.74, 6) is -0.262. The smallest absolute Gasteiger partial charge is 0.341 e. The standard InChI is InChI=1S/C14H21N3O3S/c1-4-20-14(19)11-9(2)13(21-12(11)15)17-7-5-16(6-8-17)10(3)18/h4-8,15H2,1-3H3. The van der Waals surface area contributed by atoms with Crippen LogP contribution in [0.4, 0.5) is 10.0 Å². The van der Waals surface area contributed by atoms with Crippen molar-refractivity contribution in [3.05, 3.63) is 11.1 Å².